The summed E-state index contributed by atoms with van der Waals surface area (Å²) in [4.78, 5) is 0. The van der Waals surface area contributed by atoms with Gasteiger partial charge in [0.25, 0.3) is 0 Å². The lowest BCUT2D eigenvalue weighted by Crippen LogP contribution is -2.29. The van der Waals surface area contributed by atoms with Gasteiger partial charge in [0.2, 0.25) is 0 Å². The average Bonchev–Trinajstić information content (AvgIpc) is 2.39. The van der Waals surface area contributed by atoms with Crippen LogP contribution >= 0.6 is 7.75 Å². The van der Waals surface area contributed by atoms with E-state index in [9.17, 15) is 4.57 Å². The van der Waals surface area contributed by atoms with Gasteiger partial charge in [-0.15, -0.1) is 0 Å². The third-order valence-corrected chi connectivity index (χ3v) is 6.08. The summed E-state index contributed by atoms with van der Waals surface area (Å²) in [6, 6.07) is 0.105. The van der Waals surface area contributed by atoms with Crippen molar-refractivity contribution in [1.29, 1.82) is 0 Å². The van der Waals surface area contributed by atoms with Gasteiger partial charge in [-0.05, 0) is 39.5 Å². The highest BCUT2D eigenvalue weighted by Crippen LogP contribution is 2.50. The van der Waals surface area contributed by atoms with Crippen LogP contribution in [0.5, 0.6) is 0 Å². The Morgan fingerprint density at radius 1 is 0.850 bits per heavy atom. The Morgan fingerprint density at radius 2 is 1.25 bits per heavy atom. The molecule has 20 heavy (non-hydrogen) atoms. The van der Waals surface area contributed by atoms with Crippen LogP contribution in [0, 0.1) is 0 Å². The molecule has 2 fully saturated rings. The van der Waals surface area contributed by atoms with E-state index in [0.29, 0.717) is 0 Å². The van der Waals surface area contributed by atoms with Crippen molar-refractivity contribution in [2.75, 3.05) is 0 Å². The van der Waals surface area contributed by atoms with Crippen LogP contribution in [-0.2, 0) is 13.6 Å². The summed E-state index contributed by atoms with van der Waals surface area (Å²) in [6.07, 6.45) is 11.5. The quantitative estimate of drug-likeness (QED) is 0.717. The molecule has 0 heterocycles. The van der Waals surface area contributed by atoms with E-state index in [2.05, 4.69) is 5.09 Å². The Bertz CT molecular complexity index is 299. The molecule has 2 rings (SSSR count). The van der Waals surface area contributed by atoms with Crippen molar-refractivity contribution in [2.24, 2.45) is 0 Å². The maximum atomic E-state index is 13.0. The molecule has 4 nitrogen and oxygen atoms in total. The van der Waals surface area contributed by atoms with Gasteiger partial charge in [-0.25, -0.2) is 9.65 Å². The fourth-order valence-electron chi connectivity index (χ4n) is 3.14. The van der Waals surface area contributed by atoms with E-state index < -0.39 is 7.75 Å². The van der Waals surface area contributed by atoms with Gasteiger partial charge in [0, 0.05) is 6.04 Å². The zero-order valence-corrected chi connectivity index (χ0v) is 13.9. The standard InChI is InChI=1S/C15H30NO3P/c1-13(2)16-20(17,18-14-9-5-3-6-10-14)19-15-11-7-4-8-12-15/h13-15H,3-12H2,1-2H3,(H,16,17). The van der Waals surface area contributed by atoms with Crippen molar-refractivity contribution in [3.63, 3.8) is 0 Å². The lowest BCUT2D eigenvalue weighted by molar-refractivity contribution is 0.0729. The second kappa shape index (κ2) is 7.93. The van der Waals surface area contributed by atoms with Crippen LogP contribution in [0.3, 0.4) is 0 Å². The van der Waals surface area contributed by atoms with Gasteiger partial charge in [-0.1, -0.05) is 38.5 Å². The van der Waals surface area contributed by atoms with Crippen LogP contribution in [0.4, 0.5) is 0 Å². The minimum Gasteiger partial charge on any atom is -0.293 e. The van der Waals surface area contributed by atoms with Crippen LogP contribution < -0.4 is 5.09 Å². The Hall–Kier alpha value is 0.110. The lowest BCUT2D eigenvalue weighted by Gasteiger charge is -2.32. The van der Waals surface area contributed by atoms with Gasteiger partial charge in [0.15, 0.2) is 0 Å². The van der Waals surface area contributed by atoms with Crippen molar-refractivity contribution >= 4 is 7.75 Å². The Kier molecular flexibility index (Phi) is 6.54. The summed E-state index contributed by atoms with van der Waals surface area (Å²) in [5.41, 5.74) is 0. The first kappa shape index (κ1) is 16.5. The largest absolute Gasteiger partial charge is 0.406 e. The fraction of sp³-hybridized carbons (Fsp3) is 1.00. The molecule has 0 saturated heterocycles. The highest BCUT2D eigenvalue weighted by molar-refractivity contribution is 7.51. The summed E-state index contributed by atoms with van der Waals surface area (Å²) in [5, 5.41) is 3.06. The summed E-state index contributed by atoms with van der Waals surface area (Å²) >= 11 is 0. The minimum atomic E-state index is -3.16. The lowest BCUT2D eigenvalue weighted by atomic mass is 9.98. The topological polar surface area (TPSA) is 47.6 Å². The second-order valence-corrected chi connectivity index (χ2v) is 8.19. The smallest absolute Gasteiger partial charge is 0.293 e. The van der Waals surface area contributed by atoms with E-state index in [1.165, 1.54) is 38.5 Å². The molecule has 0 atom stereocenters. The zero-order chi connectivity index (χ0) is 14.4. The van der Waals surface area contributed by atoms with Crippen molar-refractivity contribution < 1.29 is 13.6 Å². The van der Waals surface area contributed by atoms with Gasteiger partial charge < -0.3 is 0 Å². The molecule has 0 aromatic carbocycles. The van der Waals surface area contributed by atoms with Gasteiger partial charge in [-0.3, -0.25) is 9.05 Å². The van der Waals surface area contributed by atoms with Crippen LogP contribution in [-0.4, -0.2) is 18.2 Å². The fourth-order valence-corrected chi connectivity index (χ4v) is 5.15. The van der Waals surface area contributed by atoms with Crippen molar-refractivity contribution in [3.05, 3.63) is 0 Å². The SMILES string of the molecule is CC(C)NP(=O)(OC1CCCCC1)OC1CCCCC1. The molecule has 5 heteroatoms. The third-order valence-electron chi connectivity index (χ3n) is 4.10. The molecule has 0 amide bonds. The monoisotopic (exact) mass is 303 g/mol. The van der Waals surface area contributed by atoms with Gasteiger partial charge in [-0.2, -0.15) is 0 Å². The van der Waals surface area contributed by atoms with Crippen molar-refractivity contribution in [1.82, 2.24) is 5.09 Å². The van der Waals surface area contributed by atoms with E-state index in [4.69, 9.17) is 9.05 Å². The molecule has 0 aromatic heterocycles. The average molecular weight is 303 g/mol. The first-order valence-corrected chi connectivity index (χ1v) is 9.86. The number of hydrogen-bond donors (Lipinski definition) is 1. The zero-order valence-electron chi connectivity index (χ0n) is 13.0. The Labute approximate surface area is 123 Å². The molecule has 0 radical (unpaired) electrons. The molecule has 0 aromatic rings. The van der Waals surface area contributed by atoms with E-state index in [1.54, 1.807) is 0 Å². The van der Waals surface area contributed by atoms with E-state index >= 15 is 0 Å². The van der Waals surface area contributed by atoms with E-state index in [-0.39, 0.29) is 18.2 Å². The van der Waals surface area contributed by atoms with Gasteiger partial charge in [0.05, 0.1) is 12.2 Å². The summed E-state index contributed by atoms with van der Waals surface area (Å²) in [5.74, 6) is 0. The molecule has 2 aliphatic carbocycles. The normalized spacial score (nSPS) is 23.4. The number of rotatable bonds is 6. The minimum absolute atomic E-state index is 0.101. The van der Waals surface area contributed by atoms with Crippen molar-refractivity contribution in [2.45, 2.75) is 96.3 Å². The Morgan fingerprint density at radius 3 is 1.60 bits per heavy atom. The predicted octanol–water partition coefficient (Wildman–Crippen LogP) is 4.79. The van der Waals surface area contributed by atoms with E-state index in [0.717, 1.165) is 25.7 Å². The first-order chi connectivity index (χ1) is 9.57. The molecule has 0 unspecified atom stereocenters. The molecule has 2 saturated carbocycles. The number of hydrogen-bond acceptors (Lipinski definition) is 3. The first-order valence-electron chi connectivity index (χ1n) is 8.32. The molecular weight excluding hydrogens is 273 g/mol. The summed E-state index contributed by atoms with van der Waals surface area (Å²) in [7, 11) is -3.16. The molecule has 2 aliphatic rings. The Balaban J connectivity index is 1.93. The molecule has 1 N–H and O–H groups in total. The van der Waals surface area contributed by atoms with E-state index in [1.807, 2.05) is 13.8 Å². The molecule has 0 aliphatic heterocycles. The predicted molar refractivity (Wildman–Crippen MR) is 81.8 cm³/mol. The molecule has 118 valence electrons. The van der Waals surface area contributed by atoms with Gasteiger partial charge >= 0.3 is 7.75 Å². The third kappa shape index (κ3) is 5.48. The van der Waals surface area contributed by atoms with Crippen LogP contribution in [0.2, 0.25) is 0 Å². The highest BCUT2D eigenvalue weighted by Gasteiger charge is 2.34. The van der Waals surface area contributed by atoms with Crippen LogP contribution in [0.15, 0.2) is 0 Å². The molecule has 0 bridgehead atoms. The maximum absolute atomic E-state index is 13.0. The number of nitrogens with one attached hydrogen (secondary N) is 1. The summed E-state index contributed by atoms with van der Waals surface area (Å²) < 4.78 is 24.8. The molecule has 0 spiro atoms. The highest BCUT2D eigenvalue weighted by atomic mass is 31.2. The van der Waals surface area contributed by atoms with Crippen LogP contribution in [0.1, 0.15) is 78.1 Å². The second-order valence-electron chi connectivity index (χ2n) is 6.51. The van der Waals surface area contributed by atoms with Gasteiger partial charge in [0.1, 0.15) is 0 Å². The summed E-state index contributed by atoms with van der Waals surface area (Å²) in [6.45, 7) is 3.97. The van der Waals surface area contributed by atoms with Crippen molar-refractivity contribution in [3.8, 4) is 0 Å². The maximum Gasteiger partial charge on any atom is 0.406 e. The van der Waals surface area contributed by atoms with Crippen LogP contribution in [0.25, 0.3) is 0 Å². The molecular formula is C15H30NO3P.